The molecule has 10 heteroatoms. The Kier molecular flexibility index (Phi) is 5.86. The lowest BCUT2D eigenvalue weighted by atomic mass is 10.0. The number of methoxy groups -OCH3 is 1. The third kappa shape index (κ3) is 4.55. The van der Waals surface area contributed by atoms with Crippen LogP contribution in [0.1, 0.15) is 40.3 Å². The molecule has 4 aromatic rings. The zero-order valence-electron chi connectivity index (χ0n) is 18.6. The second-order valence-electron chi connectivity index (χ2n) is 7.88. The van der Waals surface area contributed by atoms with E-state index in [2.05, 4.69) is 42.1 Å². The minimum atomic E-state index is -0.373. The Morgan fingerprint density at radius 3 is 2.74 bits per heavy atom. The zero-order chi connectivity index (χ0) is 23.8. The molecule has 0 spiro atoms. The minimum absolute atomic E-state index is 0.288. The number of ether oxygens (including phenoxy) is 1. The Labute approximate surface area is 204 Å². The van der Waals surface area contributed by atoms with Crippen molar-refractivity contribution in [1.29, 1.82) is 0 Å². The average Bonchev–Trinajstić information content (AvgIpc) is 3.56. The van der Waals surface area contributed by atoms with Crippen LogP contribution in [-0.4, -0.2) is 37.9 Å². The highest BCUT2D eigenvalue weighted by atomic mass is 35.5. The first-order chi connectivity index (χ1) is 16.4. The summed E-state index contributed by atoms with van der Waals surface area (Å²) in [5.74, 6) is 6.92. The van der Waals surface area contributed by atoms with E-state index in [0.717, 1.165) is 24.2 Å². The average molecular weight is 491 g/mol. The number of thiazole rings is 1. The molecule has 0 aromatic carbocycles. The monoisotopic (exact) mass is 490 g/mol. The largest absolute Gasteiger partial charge is 0.494 e. The van der Waals surface area contributed by atoms with Gasteiger partial charge in [-0.2, -0.15) is 4.98 Å². The molecule has 4 aromatic heterocycles. The van der Waals surface area contributed by atoms with Crippen molar-refractivity contribution in [3.63, 3.8) is 0 Å². The van der Waals surface area contributed by atoms with Crippen molar-refractivity contribution in [1.82, 2.24) is 24.9 Å². The van der Waals surface area contributed by atoms with Gasteiger partial charge in [0.25, 0.3) is 5.91 Å². The number of carbonyl (C=O) groups excluding carboxylic acids is 1. The zero-order valence-corrected chi connectivity index (χ0v) is 20.2. The first-order valence-corrected chi connectivity index (χ1v) is 11.8. The van der Waals surface area contributed by atoms with Crippen LogP contribution in [0.25, 0.3) is 21.6 Å². The highest BCUT2D eigenvalue weighted by molar-refractivity contribution is 7.21. The van der Waals surface area contributed by atoms with E-state index in [0.29, 0.717) is 49.7 Å². The Morgan fingerprint density at radius 1 is 1.15 bits per heavy atom. The van der Waals surface area contributed by atoms with Crippen LogP contribution in [0.3, 0.4) is 0 Å². The van der Waals surface area contributed by atoms with Crippen molar-refractivity contribution < 1.29 is 9.53 Å². The molecule has 0 radical (unpaired) electrons. The Balaban J connectivity index is 1.48. The van der Waals surface area contributed by atoms with E-state index in [1.54, 1.807) is 12.1 Å². The van der Waals surface area contributed by atoms with Crippen molar-refractivity contribution in [2.75, 3.05) is 12.4 Å². The molecule has 34 heavy (non-hydrogen) atoms. The van der Waals surface area contributed by atoms with Gasteiger partial charge in [-0.3, -0.25) is 15.1 Å². The molecule has 0 bridgehead atoms. The predicted molar refractivity (Wildman–Crippen MR) is 131 cm³/mol. The molecule has 0 unspecified atom stereocenters. The molecule has 1 fully saturated rings. The van der Waals surface area contributed by atoms with Gasteiger partial charge in [-0.15, -0.1) is 0 Å². The van der Waals surface area contributed by atoms with Crippen LogP contribution >= 0.6 is 22.9 Å². The van der Waals surface area contributed by atoms with Gasteiger partial charge in [-0.05, 0) is 44.7 Å². The number of aromatic nitrogens is 5. The smallest absolute Gasteiger partial charge is 0.259 e. The number of nitrogens with one attached hydrogen (secondary N) is 1. The Morgan fingerprint density at radius 2 is 1.97 bits per heavy atom. The number of hydrogen-bond donors (Lipinski definition) is 1. The van der Waals surface area contributed by atoms with Crippen LogP contribution in [0, 0.1) is 31.6 Å². The molecule has 4 heterocycles. The molecule has 170 valence electrons. The van der Waals surface area contributed by atoms with Gasteiger partial charge in [-0.25, -0.2) is 15.0 Å². The lowest BCUT2D eigenvalue weighted by Gasteiger charge is -2.13. The Hall–Kier alpha value is -3.61. The first kappa shape index (κ1) is 22.2. The maximum atomic E-state index is 13.3. The molecule has 8 nitrogen and oxygen atoms in total. The molecular formula is C24H19ClN6O2S. The fraction of sp³-hybridized carbons (Fsp3) is 0.250. The van der Waals surface area contributed by atoms with Gasteiger partial charge in [0, 0.05) is 28.9 Å². The molecule has 5 rings (SSSR count). The lowest BCUT2D eigenvalue weighted by molar-refractivity contribution is 0.102. The van der Waals surface area contributed by atoms with Crippen LogP contribution in [0.2, 0.25) is 5.15 Å². The summed E-state index contributed by atoms with van der Waals surface area (Å²) < 4.78 is 5.44. The lowest BCUT2D eigenvalue weighted by Crippen LogP contribution is -2.14. The third-order valence-corrected chi connectivity index (χ3v) is 6.30. The maximum absolute atomic E-state index is 13.3. The number of hydrogen-bond acceptors (Lipinski definition) is 8. The number of nitrogens with zero attached hydrogens (tertiary/aromatic N) is 5. The molecular weight excluding hydrogens is 472 g/mol. The molecule has 1 aliphatic carbocycles. The number of fused-ring (bicyclic) bond motifs is 1. The highest BCUT2D eigenvalue weighted by Gasteiger charge is 2.20. The standard InChI is InChI=1S/C24H19ClN6O2S/c1-12-8-15(16-9-20(25)27-11-19(16)33-3)17(10-26-12)22(32)31-24-30-21-23(34-24)29-18(13(2)28-21)7-6-14-4-5-14/h8-11,14H,4-5H2,1-3H3,(H,28,30,31,32). The number of rotatable bonds is 4. The van der Waals surface area contributed by atoms with Crippen molar-refractivity contribution in [3.8, 4) is 28.7 Å². The molecule has 0 saturated heterocycles. The van der Waals surface area contributed by atoms with Crippen molar-refractivity contribution in [2.24, 2.45) is 5.92 Å². The highest BCUT2D eigenvalue weighted by Crippen LogP contribution is 2.34. The molecule has 1 aliphatic rings. The summed E-state index contributed by atoms with van der Waals surface area (Å²) >= 11 is 7.37. The van der Waals surface area contributed by atoms with Crippen LogP contribution < -0.4 is 10.1 Å². The van der Waals surface area contributed by atoms with Gasteiger partial charge < -0.3 is 4.74 Å². The summed E-state index contributed by atoms with van der Waals surface area (Å²) in [4.78, 5) is 35.8. The van der Waals surface area contributed by atoms with E-state index in [-0.39, 0.29) is 11.1 Å². The summed E-state index contributed by atoms with van der Waals surface area (Å²) in [6.07, 6.45) is 5.33. The number of amides is 1. The molecule has 1 saturated carbocycles. The van der Waals surface area contributed by atoms with Crippen molar-refractivity contribution in [3.05, 3.63) is 52.3 Å². The van der Waals surface area contributed by atoms with Gasteiger partial charge in [0.15, 0.2) is 15.6 Å². The van der Waals surface area contributed by atoms with Crippen LogP contribution in [-0.2, 0) is 0 Å². The first-order valence-electron chi connectivity index (χ1n) is 10.6. The number of aryl methyl sites for hydroxylation is 2. The fourth-order valence-corrected chi connectivity index (χ4v) is 4.27. The summed E-state index contributed by atoms with van der Waals surface area (Å²) in [6, 6.07) is 3.46. The van der Waals surface area contributed by atoms with E-state index in [4.69, 9.17) is 16.3 Å². The number of halogens is 1. The van der Waals surface area contributed by atoms with Crippen molar-refractivity contribution in [2.45, 2.75) is 26.7 Å². The van der Waals surface area contributed by atoms with E-state index < -0.39 is 0 Å². The van der Waals surface area contributed by atoms with Gasteiger partial charge in [0.1, 0.15) is 16.6 Å². The Bertz CT molecular complexity index is 1500. The van der Waals surface area contributed by atoms with E-state index in [1.807, 2.05) is 13.8 Å². The predicted octanol–water partition coefficient (Wildman–Crippen LogP) is 4.84. The normalized spacial score (nSPS) is 12.8. The number of pyridine rings is 2. The van der Waals surface area contributed by atoms with E-state index in [1.165, 1.54) is 30.8 Å². The van der Waals surface area contributed by atoms with Gasteiger partial charge in [0.2, 0.25) is 0 Å². The SMILES string of the molecule is COc1cnc(Cl)cc1-c1cc(C)ncc1C(=O)Nc1nc2nc(C)c(C#CC3CC3)nc2s1. The summed E-state index contributed by atoms with van der Waals surface area (Å²) in [5, 5.41) is 3.53. The van der Waals surface area contributed by atoms with Crippen molar-refractivity contribution >= 4 is 44.5 Å². The van der Waals surface area contributed by atoms with Crippen LogP contribution in [0.4, 0.5) is 5.13 Å². The maximum Gasteiger partial charge on any atom is 0.259 e. The quantitative estimate of drug-likeness (QED) is 0.322. The summed E-state index contributed by atoms with van der Waals surface area (Å²) in [7, 11) is 1.54. The van der Waals surface area contributed by atoms with E-state index >= 15 is 0 Å². The summed E-state index contributed by atoms with van der Waals surface area (Å²) in [6.45, 7) is 3.70. The van der Waals surface area contributed by atoms with E-state index in [9.17, 15) is 4.79 Å². The van der Waals surface area contributed by atoms with Gasteiger partial charge in [0.05, 0.1) is 24.6 Å². The number of anilines is 1. The minimum Gasteiger partial charge on any atom is -0.494 e. The fourth-order valence-electron chi connectivity index (χ4n) is 3.33. The number of carbonyl (C=O) groups is 1. The molecule has 0 atom stereocenters. The topological polar surface area (TPSA) is 103 Å². The second-order valence-corrected chi connectivity index (χ2v) is 9.25. The van der Waals surface area contributed by atoms with Gasteiger partial charge >= 0.3 is 0 Å². The molecule has 1 N–H and O–H groups in total. The molecule has 0 aliphatic heterocycles. The molecule has 1 amide bonds. The third-order valence-electron chi connectivity index (χ3n) is 5.24. The van der Waals surface area contributed by atoms with Crippen LogP contribution in [0.15, 0.2) is 24.5 Å². The van der Waals surface area contributed by atoms with Crippen LogP contribution in [0.5, 0.6) is 5.75 Å². The van der Waals surface area contributed by atoms with Gasteiger partial charge in [-0.1, -0.05) is 28.9 Å². The summed E-state index contributed by atoms with van der Waals surface area (Å²) in [5.41, 5.74) is 4.18. The second kappa shape index (κ2) is 8.97.